The zero-order valence-corrected chi connectivity index (χ0v) is 13.3. The number of benzene rings is 2. The third-order valence-corrected chi connectivity index (χ3v) is 2.65. The highest BCUT2D eigenvalue weighted by Crippen LogP contribution is 2.11. The van der Waals surface area contributed by atoms with E-state index >= 15 is 0 Å². The lowest BCUT2D eigenvalue weighted by Gasteiger charge is -2.03. The molecule has 104 valence electrons. The molecule has 0 unspecified atom stereocenters. The van der Waals surface area contributed by atoms with Crippen LogP contribution in [0.3, 0.4) is 0 Å². The molecule has 0 aliphatic carbocycles. The first-order valence-electron chi connectivity index (χ1n) is 7.35. The first-order chi connectivity index (χ1) is 9.24. The Hall–Kier alpha value is -1.56. The second kappa shape index (κ2) is 10.4. The maximum absolute atomic E-state index is 2.20. The molecule has 2 rings (SSSR count). The fraction of sp³-hybridized carbons (Fsp3) is 0.368. The van der Waals surface area contributed by atoms with Crippen LogP contribution in [0.25, 0.3) is 0 Å². The molecule has 0 saturated carbocycles. The standard InChI is InChI=1S/C15H16.2C2H6/c1-12-3-7-14(8-4-12)11-15-9-5-13(2)6-10-15;2*1-2/h3-10H,11H2,1-2H3;2*1-2H3. The summed E-state index contributed by atoms with van der Waals surface area (Å²) in [7, 11) is 0. The van der Waals surface area contributed by atoms with E-state index in [9.17, 15) is 0 Å². The van der Waals surface area contributed by atoms with Crippen LogP contribution in [0.4, 0.5) is 0 Å². The Kier molecular flexibility index (Phi) is 9.52. The van der Waals surface area contributed by atoms with Crippen LogP contribution < -0.4 is 0 Å². The molecule has 0 bridgehead atoms. The fourth-order valence-corrected chi connectivity index (χ4v) is 1.65. The van der Waals surface area contributed by atoms with Gasteiger partial charge in [-0.25, -0.2) is 0 Å². The summed E-state index contributed by atoms with van der Waals surface area (Å²) in [4.78, 5) is 0. The van der Waals surface area contributed by atoms with Gasteiger partial charge in [-0.3, -0.25) is 0 Å². The summed E-state index contributed by atoms with van der Waals surface area (Å²) < 4.78 is 0. The van der Waals surface area contributed by atoms with Crippen molar-refractivity contribution in [3.8, 4) is 0 Å². The minimum absolute atomic E-state index is 1.03. The lowest BCUT2D eigenvalue weighted by Crippen LogP contribution is -1.88. The predicted octanol–water partition coefficient (Wildman–Crippen LogP) is 5.95. The molecule has 0 fully saturated rings. The zero-order valence-electron chi connectivity index (χ0n) is 13.3. The van der Waals surface area contributed by atoms with Gasteiger partial charge in [-0.15, -0.1) is 0 Å². The molecule has 2 aromatic carbocycles. The summed E-state index contributed by atoms with van der Waals surface area (Å²) in [6, 6.07) is 17.5. The first-order valence-corrected chi connectivity index (χ1v) is 7.35. The van der Waals surface area contributed by atoms with Gasteiger partial charge in [0.15, 0.2) is 0 Å². The van der Waals surface area contributed by atoms with Crippen molar-refractivity contribution in [2.75, 3.05) is 0 Å². The Morgan fingerprint density at radius 1 is 0.526 bits per heavy atom. The Morgan fingerprint density at radius 2 is 0.789 bits per heavy atom. The van der Waals surface area contributed by atoms with Crippen molar-refractivity contribution in [1.29, 1.82) is 0 Å². The van der Waals surface area contributed by atoms with Crippen molar-refractivity contribution in [2.24, 2.45) is 0 Å². The molecule has 0 aliphatic heterocycles. The van der Waals surface area contributed by atoms with E-state index in [-0.39, 0.29) is 0 Å². The molecule has 0 aliphatic rings. The molecular formula is C19H28. The van der Waals surface area contributed by atoms with Gasteiger partial charge in [-0.1, -0.05) is 87.4 Å². The lowest BCUT2D eigenvalue weighted by atomic mass is 10.0. The molecule has 0 heteroatoms. The van der Waals surface area contributed by atoms with E-state index in [1.54, 1.807) is 0 Å². The van der Waals surface area contributed by atoms with Crippen LogP contribution >= 0.6 is 0 Å². The van der Waals surface area contributed by atoms with Crippen molar-refractivity contribution in [1.82, 2.24) is 0 Å². The van der Waals surface area contributed by atoms with Gasteiger partial charge in [-0.2, -0.15) is 0 Å². The predicted molar refractivity (Wildman–Crippen MR) is 87.9 cm³/mol. The van der Waals surface area contributed by atoms with E-state index in [1.807, 2.05) is 27.7 Å². The zero-order chi connectivity index (χ0) is 14.7. The van der Waals surface area contributed by atoms with Gasteiger partial charge >= 0.3 is 0 Å². The normalized spacial score (nSPS) is 8.74. The average Bonchev–Trinajstić information content (AvgIpc) is 2.48. The maximum atomic E-state index is 2.20. The van der Waals surface area contributed by atoms with Crippen molar-refractivity contribution in [2.45, 2.75) is 48.0 Å². The van der Waals surface area contributed by atoms with Crippen molar-refractivity contribution >= 4 is 0 Å². The number of hydrogen-bond donors (Lipinski definition) is 0. The summed E-state index contributed by atoms with van der Waals surface area (Å²) in [5.41, 5.74) is 5.40. The Labute approximate surface area is 119 Å². The highest BCUT2D eigenvalue weighted by molar-refractivity contribution is 5.29. The van der Waals surface area contributed by atoms with Crippen LogP contribution in [0.15, 0.2) is 48.5 Å². The van der Waals surface area contributed by atoms with E-state index in [1.165, 1.54) is 22.3 Å². The van der Waals surface area contributed by atoms with Gasteiger partial charge in [0, 0.05) is 0 Å². The smallest absolute Gasteiger partial charge is 0.00258 e. The molecule has 0 saturated heterocycles. The van der Waals surface area contributed by atoms with Gasteiger partial charge in [0.1, 0.15) is 0 Å². The van der Waals surface area contributed by atoms with E-state index in [0.29, 0.717) is 0 Å². The van der Waals surface area contributed by atoms with Gasteiger partial charge in [0.05, 0.1) is 0 Å². The molecule has 0 N–H and O–H groups in total. The molecule has 0 amide bonds. The first kappa shape index (κ1) is 17.4. The second-order valence-electron chi connectivity index (χ2n) is 4.15. The molecule has 0 radical (unpaired) electrons. The van der Waals surface area contributed by atoms with Crippen LogP contribution in [0.2, 0.25) is 0 Å². The summed E-state index contributed by atoms with van der Waals surface area (Å²) in [5, 5.41) is 0. The van der Waals surface area contributed by atoms with Crippen molar-refractivity contribution in [3.63, 3.8) is 0 Å². The molecule has 0 spiro atoms. The van der Waals surface area contributed by atoms with E-state index in [4.69, 9.17) is 0 Å². The Morgan fingerprint density at radius 3 is 1.05 bits per heavy atom. The minimum Gasteiger partial charge on any atom is -0.0683 e. The van der Waals surface area contributed by atoms with Crippen LogP contribution in [-0.4, -0.2) is 0 Å². The largest absolute Gasteiger partial charge is 0.0683 e. The maximum Gasteiger partial charge on any atom is -0.00258 e. The molecule has 0 heterocycles. The van der Waals surface area contributed by atoms with Crippen molar-refractivity contribution in [3.05, 3.63) is 70.8 Å². The summed E-state index contributed by atoms with van der Waals surface area (Å²) in [6.07, 6.45) is 1.03. The van der Waals surface area contributed by atoms with E-state index < -0.39 is 0 Å². The highest BCUT2D eigenvalue weighted by atomic mass is 14.0. The highest BCUT2D eigenvalue weighted by Gasteiger charge is 1.95. The molecule has 0 atom stereocenters. The van der Waals surface area contributed by atoms with Gasteiger partial charge in [0.25, 0.3) is 0 Å². The van der Waals surface area contributed by atoms with E-state index in [0.717, 1.165) is 6.42 Å². The Balaban J connectivity index is 0.000000741. The number of aryl methyl sites for hydroxylation is 2. The fourth-order valence-electron chi connectivity index (χ4n) is 1.65. The van der Waals surface area contributed by atoms with Crippen LogP contribution in [-0.2, 0) is 6.42 Å². The molecule has 0 aromatic heterocycles. The monoisotopic (exact) mass is 256 g/mol. The molecular weight excluding hydrogens is 228 g/mol. The van der Waals surface area contributed by atoms with Crippen LogP contribution in [0.1, 0.15) is 49.9 Å². The SMILES string of the molecule is CC.CC.Cc1ccc(Cc2ccc(C)cc2)cc1. The summed E-state index contributed by atoms with van der Waals surface area (Å²) >= 11 is 0. The molecule has 0 nitrogen and oxygen atoms in total. The van der Waals surface area contributed by atoms with Gasteiger partial charge in [-0.05, 0) is 31.4 Å². The molecule has 19 heavy (non-hydrogen) atoms. The molecule has 2 aromatic rings. The third-order valence-electron chi connectivity index (χ3n) is 2.65. The summed E-state index contributed by atoms with van der Waals surface area (Å²) in [6.45, 7) is 12.2. The van der Waals surface area contributed by atoms with Crippen molar-refractivity contribution < 1.29 is 0 Å². The Bertz CT molecular complexity index is 377. The van der Waals surface area contributed by atoms with Gasteiger partial charge in [0.2, 0.25) is 0 Å². The number of rotatable bonds is 2. The topological polar surface area (TPSA) is 0 Å². The lowest BCUT2D eigenvalue weighted by molar-refractivity contribution is 1.18. The minimum atomic E-state index is 1.03. The quantitative estimate of drug-likeness (QED) is 0.623. The average molecular weight is 256 g/mol. The summed E-state index contributed by atoms with van der Waals surface area (Å²) in [5.74, 6) is 0. The van der Waals surface area contributed by atoms with Crippen LogP contribution in [0.5, 0.6) is 0 Å². The third kappa shape index (κ3) is 6.81. The number of hydrogen-bond acceptors (Lipinski definition) is 0. The van der Waals surface area contributed by atoms with Gasteiger partial charge < -0.3 is 0 Å². The van der Waals surface area contributed by atoms with Crippen LogP contribution in [0, 0.1) is 13.8 Å². The second-order valence-corrected chi connectivity index (χ2v) is 4.15. The van der Waals surface area contributed by atoms with E-state index in [2.05, 4.69) is 62.4 Å².